The summed E-state index contributed by atoms with van der Waals surface area (Å²) in [4.78, 5) is 13.0. The minimum atomic E-state index is -3.83. The fourth-order valence-corrected chi connectivity index (χ4v) is 4.47. The zero-order chi connectivity index (χ0) is 21.1. The molecule has 0 saturated heterocycles. The van der Waals surface area contributed by atoms with Crippen molar-refractivity contribution in [1.82, 2.24) is 0 Å². The number of hydrogen-bond donors (Lipinski definition) is 1. The van der Waals surface area contributed by atoms with Crippen molar-refractivity contribution < 1.29 is 17.9 Å². The van der Waals surface area contributed by atoms with Crippen LogP contribution in [0.3, 0.4) is 0 Å². The van der Waals surface area contributed by atoms with Gasteiger partial charge in [-0.3, -0.25) is 9.10 Å². The fourth-order valence-electron chi connectivity index (χ4n) is 2.83. The molecule has 0 bridgehead atoms. The van der Waals surface area contributed by atoms with Crippen molar-refractivity contribution in [2.45, 2.75) is 26.3 Å². The molecule has 2 aromatic carbocycles. The van der Waals surface area contributed by atoms with E-state index in [9.17, 15) is 13.2 Å². The van der Waals surface area contributed by atoms with Gasteiger partial charge in [-0.15, -0.1) is 0 Å². The Hall–Kier alpha value is -1.96. The van der Waals surface area contributed by atoms with E-state index in [2.05, 4.69) is 5.32 Å². The highest BCUT2D eigenvalue weighted by atomic mass is 35.5. The number of amides is 1. The number of halogens is 2. The van der Waals surface area contributed by atoms with Gasteiger partial charge in [0.2, 0.25) is 15.9 Å². The first-order chi connectivity index (χ1) is 13.1. The molecule has 0 spiro atoms. The van der Waals surface area contributed by atoms with Crippen LogP contribution in [-0.4, -0.2) is 33.7 Å². The maximum atomic E-state index is 13.0. The van der Waals surface area contributed by atoms with E-state index in [-0.39, 0.29) is 17.1 Å². The van der Waals surface area contributed by atoms with Gasteiger partial charge in [0.1, 0.15) is 11.8 Å². The zero-order valence-electron chi connectivity index (χ0n) is 16.0. The Morgan fingerprint density at radius 1 is 1.21 bits per heavy atom. The fraction of sp³-hybridized carbons (Fsp3) is 0.316. The molecular formula is C19H22Cl2N2O4S. The maximum absolute atomic E-state index is 13.0. The van der Waals surface area contributed by atoms with Crippen LogP contribution < -0.4 is 14.4 Å². The number of nitrogens with zero attached hydrogens (tertiary/aromatic N) is 1. The van der Waals surface area contributed by atoms with E-state index in [1.807, 2.05) is 13.0 Å². The summed E-state index contributed by atoms with van der Waals surface area (Å²) in [6.07, 6.45) is 1.24. The number of nitrogens with one attached hydrogen (secondary N) is 1. The van der Waals surface area contributed by atoms with Gasteiger partial charge in [0.25, 0.3) is 0 Å². The van der Waals surface area contributed by atoms with Crippen LogP contribution in [0.2, 0.25) is 10.0 Å². The number of carbonyl (C=O) groups is 1. The molecule has 0 saturated carbocycles. The lowest BCUT2D eigenvalue weighted by Gasteiger charge is -2.31. The summed E-state index contributed by atoms with van der Waals surface area (Å²) in [5, 5.41) is 3.25. The molecule has 1 N–H and O–H groups in total. The number of hydrogen-bond acceptors (Lipinski definition) is 4. The smallest absolute Gasteiger partial charge is 0.248 e. The van der Waals surface area contributed by atoms with Crippen molar-refractivity contribution >= 4 is 50.5 Å². The Balaban J connectivity index is 2.48. The number of benzene rings is 2. The third-order valence-electron chi connectivity index (χ3n) is 4.09. The van der Waals surface area contributed by atoms with Gasteiger partial charge >= 0.3 is 0 Å². The molecule has 0 radical (unpaired) electrons. The van der Waals surface area contributed by atoms with E-state index in [0.29, 0.717) is 16.5 Å². The van der Waals surface area contributed by atoms with Gasteiger partial charge in [0.05, 0.1) is 29.8 Å². The molecule has 28 heavy (non-hydrogen) atoms. The van der Waals surface area contributed by atoms with Crippen molar-refractivity contribution in [3.8, 4) is 5.75 Å². The summed E-state index contributed by atoms with van der Waals surface area (Å²) in [6, 6.07) is 8.76. The number of methoxy groups -OCH3 is 1. The molecule has 0 fully saturated rings. The SMILES string of the molecule is CCC(C(=O)Nc1cc(C)ccc1OC)N(c1cc(Cl)ccc1Cl)S(C)(=O)=O. The van der Waals surface area contributed by atoms with Crippen LogP contribution >= 0.6 is 23.2 Å². The molecule has 0 aliphatic rings. The van der Waals surface area contributed by atoms with Crippen molar-refractivity contribution in [1.29, 1.82) is 0 Å². The number of carbonyl (C=O) groups excluding carboxylic acids is 1. The third-order valence-corrected chi connectivity index (χ3v) is 5.81. The van der Waals surface area contributed by atoms with E-state index in [4.69, 9.17) is 27.9 Å². The monoisotopic (exact) mass is 444 g/mol. The molecule has 0 aliphatic carbocycles. The van der Waals surface area contributed by atoms with E-state index in [1.165, 1.54) is 19.2 Å². The average molecular weight is 445 g/mol. The second-order valence-corrected chi connectivity index (χ2v) is 8.97. The van der Waals surface area contributed by atoms with Crippen LogP contribution in [0.5, 0.6) is 5.75 Å². The summed E-state index contributed by atoms with van der Waals surface area (Å²) in [7, 11) is -2.34. The summed E-state index contributed by atoms with van der Waals surface area (Å²) < 4.78 is 31.4. The summed E-state index contributed by atoms with van der Waals surface area (Å²) in [6.45, 7) is 3.59. The van der Waals surface area contributed by atoms with Crippen molar-refractivity contribution in [3.05, 3.63) is 52.0 Å². The van der Waals surface area contributed by atoms with Crippen LogP contribution in [0.25, 0.3) is 0 Å². The lowest BCUT2D eigenvalue weighted by Crippen LogP contribution is -2.47. The Kier molecular flexibility index (Phi) is 7.20. The Bertz CT molecular complexity index is 980. The quantitative estimate of drug-likeness (QED) is 0.681. The van der Waals surface area contributed by atoms with Crippen molar-refractivity contribution in [2.24, 2.45) is 0 Å². The van der Waals surface area contributed by atoms with Crippen LogP contribution in [0.1, 0.15) is 18.9 Å². The van der Waals surface area contributed by atoms with Crippen LogP contribution in [-0.2, 0) is 14.8 Å². The third kappa shape index (κ3) is 5.10. The minimum absolute atomic E-state index is 0.148. The molecule has 1 amide bonds. The molecule has 0 aromatic heterocycles. The standard InChI is InChI=1S/C19H22Cl2N2O4S/c1-5-16(19(24)22-15-10-12(2)6-9-18(15)27-3)23(28(4,25)26)17-11-13(20)7-8-14(17)21/h6-11,16H,5H2,1-4H3,(H,22,24). The van der Waals surface area contributed by atoms with E-state index in [1.54, 1.807) is 25.1 Å². The number of ether oxygens (including phenoxy) is 1. The molecule has 0 heterocycles. The lowest BCUT2D eigenvalue weighted by atomic mass is 10.1. The predicted octanol–water partition coefficient (Wildman–Crippen LogP) is 4.49. The highest BCUT2D eigenvalue weighted by molar-refractivity contribution is 7.92. The molecule has 1 unspecified atom stereocenters. The predicted molar refractivity (Wildman–Crippen MR) is 114 cm³/mol. The van der Waals surface area contributed by atoms with Crippen LogP contribution in [0, 0.1) is 6.92 Å². The molecule has 152 valence electrons. The van der Waals surface area contributed by atoms with Crippen molar-refractivity contribution in [2.75, 3.05) is 23.0 Å². The molecule has 0 aliphatic heterocycles. The van der Waals surface area contributed by atoms with Gasteiger partial charge in [-0.1, -0.05) is 36.2 Å². The Morgan fingerprint density at radius 3 is 2.46 bits per heavy atom. The first-order valence-electron chi connectivity index (χ1n) is 8.48. The van der Waals surface area contributed by atoms with E-state index < -0.39 is 22.0 Å². The van der Waals surface area contributed by atoms with Gasteiger partial charge in [0, 0.05) is 5.02 Å². The Morgan fingerprint density at radius 2 is 1.89 bits per heavy atom. The molecule has 1 atom stereocenters. The molecule has 2 rings (SSSR count). The minimum Gasteiger partial charge on any atom is -0.495 e. The largest absolute Gasteiger partial charge is 0.495 e. The van der Waals surface area contributed by atoms with Gasteiger partial charge in [-0.2, -0.15) is 0 Å². The topological polar surface area (TPSA) is 75.7 Å². The number of aryl methyl sites for hydroxylation is 1. The van der Waals surface area contributed by atoms with Gasteiger partial charge in [-0.25, -0.2) is 8.42 Å². The van der Waals surface area contributed by atoms with Gasteiger partial charge < -0.3 is 10.1 Å². The second-order valence-electron chi connectivity index (χ2n) is 6.27. The first-order valence-corrected chi connectivity index (χ1v) is 11.1. The van der Waals surface area contributed by atoms with Gasteiger partial charge in [0.15, 0.2) is 0 Å². The van der Waals surface area contributed by atoms with E-state index in [0.717, 1.165) is 16.1 Å². The highest BCUT2D eigenvalue weighted by Gasteiger charge is 2.33. The summed E-state index contributed by atoms with van der Waals surface area (Å²) in [5.41, 5.74) is 1.52. The normalized spacial score (nSPS) is 12.4. The maximum Gasteiger partial charge on any atom is 0.248 e. The molecule has 9 heteroatoms. The number of anilines is 2. The average Bonchev–Trinajstić information content (AvgIpc) is 2.61. The molecule has 6 nitrogen and oxygen atoms in total. The first kappa shape index (κ1) is 22.3. The van der Waals surface area contributed by atoms with Crippen LogP contribution in [0.15, 0.2) is 36.4 Å². The number of sulfonamides is 1. The summed E-state index contributed by atoms with van der Waals surface area (Å²) >= 11 is 12.2. The lowest BCUT2D eigenvalue weighted by molar-refractivity contribution is -0.117. The Labute approximate surface area is 175 Å². The second kappa shape index (κ2) is 9.03. The molecule has 2 aromatic rings. The van der Waals surface area contributed by atoms with E-state index >= 15 is 0 Å². The summed E-state index contributed by atoms with van der Waals surface area (Å²) in [5.74, 6) is -0.0339. The molecular weight excluding hydrogens is 423 g/mol. The zero-order valence-corrected chi connectivity index (χ0v) is 18.3. The number of rotatable bonds is 7. The van der Waals surface area contributed by atoms with Crippen molar-refractivity contribution in [3.63, 3.8) is 0 Å². The van der Waals surface area contributed by atoms with Gasteiger partial charge in [-0.05, 0) is 49.2 Å². The van der Waals surface area contributed by atoms with Crippen LogP contribution in [0.4, 0.5) is 11.4 Å². The highest BCUT2D eigenvalue weighted by Crippen LogP contribution is 2.33.